The van der Waals surface area contributed by atoms with Crippen LogP contribution in [0, 0.1) is 0 Å². The van der Waals surface area contributed by atoms with Crippen molar-refractivity contribution in [3.63, 3.8) is 0 Å². The number of imide groups is 2. The van der Waals surface area contributed by atoms with E-state index >= 15 is 0 Å². The van der Waals surface area contributed by atoms with Crippen molar-refractivity contribution in [3.8, 4) is 0 Å². The molecule has 2 aliphatic heterocycles. The largest absolute Gasteiger partial charge is 0.436 e. The highest BCUT2D eigenvalue weighted by molar-refractivity contribution is 6.82. The van der Waals surface area contributed by atoms with Crippen LogP contribution in [0.4, 0.5) is 17.1 Å². The van der Waals surface area contributed by atoms with Gasteiger partial charge in [-0.15, -0.1) is 0 Å². The number of benzene rings is 5. The van der Waals surface area contributed by atoms with Crippen LogP contribution < -0.4 is 15.5 Å². The molecule has 2 N–H and O–H groups in total. The van der Waals surface area contributed by atoms with Gasteiger partial charge in [-0.1, -0.05) is 77.9 Å². The molecular weight excluding hydrogens is 797 g/mol. The molecule has 0 saturated heterocycles. The van der Waals surface area contributed by atoms with Crippen LogP contribution >= 0.6 is 0 Å². The Morgan fingerprint density at radius 1 is 0.672 bits per heavy atom. The van der Waals surface area contributed by atoms with Crippen LogP contribution in [0.15, 0.2) is 78.9 Å². The second-order valence-electron chi connectivity index (χ2n) is 19.6. The van der Waals surface area contributed by atoms with Crippen molar-refractivity contribution in [1.29, 1.82) is 0 Å². The highest BCUT2D eigenvalue weighted by atomic mass is 28.4. The molecule has 0 fully saturated rings. The summed E-state index contributed by atoms with van der Waals surface area (Å²) in [4.78, 5) is 60.9. The van der Waals surface area contributed by atoms with Gasteiger partial charge in [0.25, 0.3) is 23.6 Å². The standard InChI is InChI=1S/C49H60N4O6Si2/c1-48(2,3)31-20-23-38(49(4,5)6)41(30-31)53-46(56)35-19-13-17-33-40(25-22-37(43(33)35)47(53)57)51(7)26-14-28-60(9,10)59-61(11,58-8)29-15-27-52-44(54)34-18-12-16-32-39(50)24-21-36(42(32)34)45(52)55/h12-13,16-25,30H,14-15,26-29,50H2,1-11H3. The third-order valence-electron chi connectivity index (χ3n) is 12.4. The Kier molecular flexibility index (Phi) is 11.5. The number of carbonyl (C=O) groups is 4. The number of anilines is 3. The number of hydrogen-bond acceptors (Lipinski definition) is 8. The van der Waals surface area contributed by atoms with Crippen LogP contribution in [0.3, 0.4) is 0 Å². The van der Waals surface area contributed by atoms with Crippen molar-refractivity contribution >= 4 is 79.1 Å². The molecule has 2 heterocycles. The molecule has 12 heteroatoms. The number of nitrogen functional groups attached to an aromatic ring is 1. The molecule has 5 aromatic rings. The second kappa shape index (κ2) is 16.0. The second-order valence-corrected chi connectivity index (χ2v) is 27.6. The van der Waals surface area contributed by atoms with Gasteiger partial charge in [0.15, 0.2) is 8.32 Å². The monoisotopic (exact) mass is 856 g/mol. The molecule has 0 spiro atoms. The first-order chi connectivity index (χ1) is 28.6. The average molecular weight is 857 g/mol. The first kappa shape index (κ1) is 43.9. The Morgan fingerprint density at radius 2 is 1.25 bits per heavy atom. The lowest BCUT2D eigenvalue weighted by atomic mass is 9.80. The Labute approximate surface area is 362 Å². The lowest BCUT2D eigenvalue weighted by Gasteiger charge is -2.36. The van der Waals surface area contributed by atoms with E-state index in [9.17, 15) is 19.2 Å². The maximum atomic E-state index is 14.5. The molecule has 1 unspecified atom stereocenters. The van der Waals surface area contributed by atoms with E-state index in [0.29, 0.717) is 56.9 Å². The van der Waals surface area contributed by atoms with Crippen LogP contribution in [-0.4, -0.2) is 72.7 Å². The molecule has 61 heavy (non-hydrogen) atoms. The van der Waals surface area contributed by atoms with Gasteiger partial charge in [0.1, 0.15) is 0 Å². The Bertz CT molecular complexity index is 2570. The summed E-state index contributed by atoms with van der Waals surface area (Å²) in [6.45, 7) is 20.2. The van der Waals surface area contributed by atoms with Gasteiger partial charge >= 0.3 is 8.56 Å². The Balaban J connectivity index is 1.02. The van der Waals surface area contributed by atoms with E-state index in [2.05, 4.69) is 85.3 Å². The first-order valence-electron chi connectivity index (χ1n) is 21.3. The zero-order valence-corrected chi connectivity index (χ0v) is 39.6. The minimum absolute atomic E-state index is 0.167. The lowest BCUT2D eigenvalue weighted by Crippen LogP contribution is -2.49. The summed E-state index contributed by atoms with van der Waals surface area (Å²) in [6.07, 6.45) is 1.43. The zero-order valence-electron chi connectivity index (χ0n) is 37.6. The molecule has 1 atom stereocenters. The van der Waals surface area contributed by atoms with Crippen LogP contribution in [0.25, 0.3) is 21.5 Å². The molecule has 0 bridgehead atoms. The predicted molar refractivity (Wildman–Crippen MR) is 252 cm³/mol. The number of nitrogens with two attached hydrogens (primary N) is 1. The molecule has 0 aromatic heterocycles. The number of hydrogen-bond donors (Lipinski definition) is 1. The third-order valence-corrected chi connectivity index (χ3v) is 20.1. The minimum Gasteiger partial charge on any atom is -0.436 e. The molecule has 2 aliphatic rings. The van der Waals surface area contributed by atoms with Gasteiger partial charge in [-0.05, 0) is 109 Å². The summed E-state index contributed by atoms with van der Waals surface area (Å²) in [5, 5.41) is 2.91. The van der Waals surface area contributed by atoms with E-state index in [4.69, 9.17) is 14.3 Å². The normalized spacial score (nSPS) is 15.6. The highest BCUT2D eigenvalue weighted by Gasteiger charge is 2.40. The molecule has 320 valence electrons. The van der Waals surface area contributed by atoms with Crippen LogP contribution in [0.2, 0.25) is 31.7 Å². The van der Waals surface area contributed by atoms with Crippen molar-refractivity contribution in [2.75, 3.05) is 42.8 Å². The van der Waals surface area contributed by atoms with Crippen LogP contribution in [0.5, 0.6) is 0 Å². The van der Waals surface area contributed by atoms with Crippen molar-refractivity contribution in [3.05, 3.63) is 112 Å². The van der Waals surface area contributed by atoms with Crippen LogP contribution in [-0.2, 0) is 19.4 Å². The topological polar surface area (TPSA) is 122 Å². The number of carbonyl (C=O) groups excluding carboxylic acids is 4. The lowest BCUT2D eigenvalue weighted by molar-refractivity contribution is 0.0608. The molecular formula is C49H60N4O6Si2. The number of amides is 4. The van der Waals surface area contributed by atoms with Crippen molar-refractivity contribution < 1.29 is 27.7 Å². The van der Waals surface area contributed by atoms with Crippen molar-refractivity contribution in [1.82, 2.24) is 4.90 Å². The zero-order chi connectivity index (χ0) is 44.4. The van der Waals surface area contributed by atoms with Gasteiger partial charge < -0.3 is 19.2 Å². The molecule has 0 saturated carbocycles. The summed E-state index contributed by atoms with van der Waals surface area (Å²) in [5.41, 5.74) is 11.9. The van der Waals surface area contributed by atoms with Gasteiger partial charge in [0.2, 0.25) is 0 Å². The summed E-state index contributed by atoms with van der Waals surface area (Å²) >= 11 is 0. The van der Waals surface area contributed by atoms with E-state index in [1.54, 1.807) is 31.4 Å². The quantitative estimate of drug-likeness (QED) is 0.0706. The van der Waals surface area contributed by atoms with Gasteiger partial charge in [0, 0.05) is 82.4 Å². The smallest absolute Gasteiger partial charge is 0.324 e. The summed E-state index contributed by atoms with van der Waals surface area (Å²) in [7, 11) is -1.14. The fourth-order valence-electron chi connectivity index (χ4n) is 9.07. The van der Waals surface area contributed by atoms with Gasteiger partial charge in [-0.3, -0.25) is 24.1 Å². The minimum atomic E-state index is -2.66. The summed E-state index contributed by atoms with van der Waals surface area (Å²) in [6, 6.07) is 26.2. The Morgan fingerprint density at radius 3 is 1.87 bits per heavy atom. The highest BCUT2D eigenvalue weighted by Crippen LogP contribution is 2.42. The molecule has 4 amide bonds. The van der Waals surface area contributed by atoms with Crippen LogP contribution in [0.1, 0.15) is 107 Å². The molecule has 0 aliphatic carbocycles. The van der Waals surface area contributed by atoms with Crippen molar-refractivity contribution in [2.45, 2.75) is 96.9 Å². The SMILES string of the molecule is CO[Si](C)(CCCN1C(=O)c2cccc3c(N)ccc(c23)C1=O)O[Si](C)(C)CCCN(C)c1ccc2c3c(cccc13)C(=O)N(c1cc(C(C)(C)C)ccc1C(C)(C)C)C2=O. The third kappa shape index (κ3) is 8.18. The molecule has 7 rings (SSSR count). The van der Waals surface area contributed by atoms with E-state index in [-0.39, 0.29) is 41.0 Å². The predicted octanol–water partition coefficient (Wildman–Crippen LogP) is 10.4. The molecule has 0 radical (unpaired) electrons. The molecule has 5 aromatic carbocycles. The number of nitrogens with zero attached hydrogens (tertiary/aromatic N) is 3. The number of rotatable bonds is 13. The first-order valence-corrected chi connectivity index (χ1v) is 26.9. The summed E-state index contributed by atoms with van der Waals surface area (Å²) < 4.78 is 13.0. The summed E-state index contributed by atoms with van der Waals surface area (Å²) in [5.74, 6) is -1.22. The fraction of sp³-hybridized carbons (Fsp3) is 0.388. The van der Waals surface area contributed by atoms with E-state index in [1.165, 1.54) is 9.80 Å². The fourth-order valence-corrected chi connectivity index (χ4v) is 16.9. The average Bonchev–Trinajstić information content (AvgIpc) is 3.19. The maximum Gasteiger partial charge on any atom is 0.324 e. The van der Waals surface area contributed by atoms with E-state index in [1.807, 2.05) is 42.5 Å². The maximum absolute atomic E-state index is 14.5. The van der Waals surface area contributed by atoms with Crippen molar-refractivity contribution in [2.24, 2.45) is 0 Å². The Hall–Kier alpha value is -5.15. The van der Waals surface area contributed by atoms with Gasteiger partial charge in [0.05, 0.1) is 5.69 Å². The van der Waals surface area contributed by atoms with E-state index in [0.717, 1.165) is 46.6 Å². The van der Waals surface area contributed by atoms with Gasteiger partial charge in [-0.25, -0.2) is 4.90 Å². The molecule has 10 nitrogen and oxygen atoms in total. The van der Waals surface area contributed by atoms with E-state index < -0.39 is 16.9 Å². The van der Waals surface area contributed by atoms with Gasteiger partial charge in [-0.2, -0.15) is 0 Å².